The molecule has 0 saturated carbocycles. The van der Waals surface area contributed by atoms with Gasteiger partial charge in [0.05, 0.1) is 0 Å². The number of rotatable bonds is 5. The van der Waals surface area contributed by atoms with Crippen LogP contribution in [-0.2, 0) is 4.79 Å². The Hall–Kier alpha value is -3.68. The Balaban J connectivity index is 1.44. The van der Waals surface area contributed by atoms with Crippen molar-refractivity contribution in [2.24, 2.45) is 0 Å². The van der Waals surface area contributed by atoms with Gasteiger partial charge in [-0.25, -0.2) is 9.97 Å². The molecule has 0 unspecified atom stereocenters. The van der Waals surface area contributed by atoms with Gasteiger partial charge in [0.1, 0.15) is 6.33 Å². The predicted octanol–water partition coefficient (Wildman–Crippen LogP) is 3.52. The zero-order valence-electron chi connectivity index (χ0n) is 18.1. The number of carbonyl (C=O) groups excluding carboxylic acids is 1. The van der Waals surface area contributed by atoms with Crippen molar-refractivity contribution < 1.29 is 4.79 Å². The summed E-state index contributed by atoms with van der Waals surface area (Å²) in [5.41, 5.74) is 5.13. The fourth-order valence-electron chi connectivity index (χ4n) is 3.72. The molecule has 1 saturated heterocycles. The number of amides is 1. The number of aromatic nitrogens is 3. The van der Waals surface area contributed by atoms with E-state index < -0.39 is 0 Å². The molecule has 8 heteroatoms. The smallest absolute Gasteiger partial charge is 0.231 e. The predicted molar refractivity (Wildman–Crippen MR) is 124 cm³/mol. The van der Waals surface area contributed by atoms with Gasteiger partial charge in [0.25, 0.3) is 0 Å². The van der Waals surface area contributed by atoms with E-state index in [0.717, 1.165) is 43.1 Å². The molecule has 0 spiro atoms. The number of hydrogen-bond donors (Lipinski definition) is 2. The molecule has 1 aliphatic rings. The van der Waals surface area contributed by atoms with Gasteiger partial charge in [-0.1, -0.05) is 24.3 Å². The van der Waals surface area contributed by atoms with E-state index in [9.17, 15) is 4.79 Å². The summed E-state index contributed by atoms with van der Waals surface area (Å²) < 4.78 is 0. The molecule has 2 heterocycles. The van der Waals surface area contributed by atoms with Crippen molar-refractivity contribution >= 4 is 34.9 Å². The first-order valence-corrected chi connectivity index (χ1v) is 10.4. The highest BCUT2D eigenvalue weighted by atomic mass is 16.1. The maximum absolute atomic E-state index is 11.4. The van der Waals surface area contributed by atoms with Gasteiger partial charge >= 0.3 is 0 Å². The highest BCUT2D eigenvalue weighted by Gasteiger charge is 2.20. The van der Waals surface area contributed by atoms with Crippen LogP contribution < -0.4 is 20.4 Å². The summed E-state index contributed by atoms with van der Waals surface area (Å²) in [4.78, 5) is 29.2. The number of nitrogens with one attached hydrogen (secondary N) is 2. The first kappa shape index (κ1) is 20.6. The first-order valence-electron chi connectivity index (χ1n) is 10.4. The van der Waals surface area contributed by atoms with Crippen LogP contribution >= 0.6 is 0 Å². The van der Waals surface area contributed by atoms with Crippen molar-refractivity contribution in [2.75, 3.05) is 46.6 Å². The second-order valence-corrected chi connectivity index (χ2v) is 7.71. The third kappa shape index (κ3) is 4.91. The Morgan fingerprint density at radius 3 is 2.42 bits per heavy atom. The molecule has 1 amide bonds. The molecule has 4 rings (SSSR count). The summed E-state index contributed by atoms with van der Waals surface area (Å²) in [7, 11) is 0. The first-order chi connectivity index (χ1) is 15.0. The summed E-state index contributed by atoms with van der Waals surface area (Å²) in [6.45, 7) is 9.11. The van der Waals surface area contributed by atoms with Crippen molar-refractivity contribution in [3.05, 3.63) is 59.9 Å². The van der Waals surface area contributed by atoms with Crippen molar-refractivity contribution in [3.63, 3.8) is 0 Å². The summed E-state index contributed by atoms with van der Waals surface area (Å²) >= 11 is 0. The minimum atomic E-state index is -0.104. The SMILES string of the molecule is CC(=O)Nc1cc(Nc2ncnc(N3CCN(c4ccccc4C)CC3)n2)ccc1C. The van der Waals surface area contributed by atoms with Crippen LogP contribution in [0.25, 0.3) is 0 Å². The number of para-hydroxylation sites is 1. The van der Waals surface area contributed by atoms with Crippen LogP contribution in [0, 0.1) is 13.8 Å². The molecule has 1 fully saturated rings. The number of anilines is 5. The average molecular weight is 418 g/mol. The largest absolute Gasteiger partial charge is 0.368 e. The summed E-state index contributed by atoms with van der Waals surface area (Å²) in [6, 6.07) is 14.2. The van der Waals surface area contributed by atoms with E-state index >= 15 is 0 Å². The molecule has 0 atom stereocenters. The number of benzene rings is 2. The molecule has 3 aromatic rings. The summed E-state index contributed by atoms with van der Waals surface area (Å²) in [6.07, 6.45) is 1.53. The van der Waals surface area contributed by atoms with E-state index in [0.29, 0.717) is 11.9 Å². The Morgan fingerprint density at radius 2 is 1.68 bits per heavy atom. The summed E-state index contributed by atoms with van der Waals surface area (Å²) in [5.74, 6) is 1.03. The van der Waals surface area contributed by atoms with E-state index in [1.807, 2.05) is 25.1 Å². The lowest BCUT2D eigenvalue weighted by Gasteiger charge is -2.36. The molecule has 31 heavy (non-hydrogen) atoms. The zero-order chi connectivity index (χ0) is 21.8. The highest BCUT2D eigenvalue weighted by Crippen LogP contribution is 2.24. The van der Waals surface area contributed by atoms with Crippen molar-refractivity contribution in [1.29, 1.82) is 0 Å². The van der Waals surface area contributed by atoms with Crippen LogP contribution in [0.3, 0.4) is 0 Å². The van der Waals surface area contributed by atoms with Gasteiger partial charge in [-0.3, -0.25) is 4.79 Å². The molecule has 160 valence electrons. The fraction of sp³-hybridized carbons (Fsp3) is 0.304. The minimum absolute atomic E-state index is 0.104. The van der Waals surface area contributed by atoms with Crippen LogP contribution in [0.1, 0.15) is 18.1 Å². The quantitative estimate of drug-likeness (QED) is 0.657. The van der Waals surface area contributed by atoms with Crippen LogP contribution in [0.15, 0.2) is 48.8 Å². The van der Waals surface area contributed by atoms with Gasteiger partial charge in [-0.2, -0.15) is 4.98 Å². The van der Waals surface area contributed by atoms with Crippen LogP contribution in [0.5, 0.6) is 0 Å². The van der Waals surface area contributed by atoms with E-state index in [4.69, 9.17) is 0 Å². The van der Waals surface area contributed by atoms with E-state index in [1.54, 1.807) is 0 Å². The second-order valence-electron chi connectivity index (χ2n) is 7.71. The van der Waals surface area contributed by atoms with E-state index in [2.05, 4.69) is 66.6 Å². The fourth-order valence-corrected chi connectivity index (χ4v) is 3.72. The molecule has 1 aromatic heterocycles. The standard InChI is InChI=1S/C23H27N7O/c1-16-8-9-19(14-20(16)26-18(3)31)27-22-24-15-25-23(28-22)30-12-10-29(11-13-30)21-7-5-4-6-17(21)2/h4-9,14-15H,10-13H2,1-3H3,(H,26,31)(H,24,25,27,28). The maximum atomic E-state index is 11.4. The normalized spacial score (nSPS) is 13.8. The lowest BCUT2D eigenvalue weighted by Crippen LogP contribution is -2.47. The molecule has 0 bridgehead atoms. The molecule has 2 N–H and O–H groups in total. The lowest BCUT2D eigenvalue weighted by molar-refractivity contribution is -0.114. The Bertz CT molecular complexity index is 1080. The minimum Gasteiger partial charge on any atom is -0.368 e. The number of nitrogens with zero attached hydrogens (tertiary/aromatic N) is 5. The zero-order valence-corrected chi connectivity index (χ0v) is 18.1. The maximum Gasteiger partial charge on any atom is 0.231 e. The second kappa shape index (κ2) is 8.99. The van der Waals surface area contributed by atoms with Gasteiger partial charge in [-0.05, 0) is 43.2 Å². The Labute approximate surface area is 182 Å². The van der Waals surface area contributed by atoms with Gasteiger partial charge in [0, 0.05) is 50.2 Å². The molecular weight excluding hydrogens is 390 g/mol. The van der Waals surface area contributed by atoms with Crippen molar-refractivity contribution in [2.45, 2.75) is 20.8 Å². The Morgan fingerprint density at radius 1 is 0.935 bits per heavy atom. The number of piperazine rings is 1. The number of hydrogen-bond acceptors (Lipinski definition) is 7. The molecule has 2 aromatic carbocycles. The van der Waals surface area contributed by atoms with Gasteiger partial charge in [0.15, 0.2) is 0 Å². The number of carbonyl (C=O) groups is 1. The topological polar surface area (TPSA) is 86.3 Å². The highest BCUT2D eigenvalue weighted by molar-refractivity contribution is 5.90. The number of aryl methyl sites for hydroxylation is 2. The lowest BCUT2D eigenvalue weighted by atomic mass is 10.1. The van der Waals surface area contributed by atoms with Crippen molar-refractivity contribution in [1.82, 2.24) is 15.0 Å². The van der Waals surface area contributed by atoms with Gasteiger partial charge in [0.2, 0.25) is 17.8 Å². The van der Waals surface area contributed by atoms with Crippen LogP contribution in [0.2, 0.25) is 0 Å². The molecule has 1 aliphatic heterocycles. The third-order valence-electron chi connectivity index (χ3n) is 5.38. The monoisotopic (exact) mass is 417 g/mol. The Kier molecular flexibility index (Phi) is 5.97. The average Bonchev–Trinajstić information content (AvgIpc) is 2.76. The summed E-state index contributed by atoms with van der Waals surface area (Å²) in [5, 5.41) is 6.05. The van der Waals surface area contributed by atoms with Crippen LogP contribution in [-0.4, -0.2) is 47.0 Å². The van der Waals surface area contributed by atoms with Gasteiger partial charge < -0.3 is 20.4 Å². The van der Waals surface area contributed by atoms with E-state index in [-0.39, 0.29) is 5.91 Å². The molecule has 8 nitrogen and oxygen atoms in total. The molecule has 0 radical (unpaired) electrons. The van der Waals surface area contributed by atoms with Crippen molar-refractivity contribution in [3.8, 4) is 0 Å². The third-order valence-corrected chi connectivity index (χ3v) is 5.38. The van der Waals surface area contributed by atoms with E-state index in [1.165, 1.54) is 24.5 Å². The molecular formula is C23H27N7O. The van der Waals surface area contributed by atoms with Gasteiger partial charge in [-0.15, -0.1) is 0 Å². The molecule has 0 aliphatic carbocycles. The van der Waals surface area contributed by atoms with Crippen LogP contribution in [0.4, 0.5) is 29.0 Å².